The number of carbonyl (C=O) groups is 1. The molecule has 6 nitrogen and oxygen atoms in total. The van der Waals surface area contributed by atoms with E-state index in [1.54, 1.807) is 24.3 Å². The van der Waals surface area contributed by atoms with Gasteiger partial charge in [0, 0.05) is 16.6 Å². The Morgan fingerprint density at radius 1 is 1.20 bits per heavy atom. The molecule has 2 rings (SSSR count). The fourth-order valence-electron chi connectivity index (χ4n) is 1.57. The third-order valence-electron chi connectivity index (χ3n) is 2.54. The highest BCUT2D eigenvalue weighted by Crippen LogP contribution is 2.37. The number of nitrogens with zero attached hydrogens (tertiary/aromatic N) is 1. The van der Waals surface area contributed by atoms with E-state index in [4.69, 9.17) is 10.8 Å². The van der Waals surface area contributed by atoms with E-state index in [0.717, 1.165) is 17.8 Å². The van der Waals surface area contributed by atoms with Gasteiger partial charge in [0.1, 0.15) is 0 Å². The van der Waals surface area contributed by atoms with Crippen molar-refractivity contribution in [3.05, 3.63) is 58.1 Å². The summed E-state index contributed by atoms with van der Waals surface area (Å²) in [6.45, 7) is 0. The van der Waals surface area contributed by atoms with Gasteiger partial charge in [0.2, 0.25) is 0 Å². The summed E-state index contributed by atoms with van der Waals surface area (Å²) in [5.74, 6) is -1.20. The van der Waals surface area contributed by atoms with Crippen molar-refractivity contribution in [1.29, 1.82) is 0 Å². The molecule has 0 fully saturated rings. The first-order chi connectivity index (χ1) is 9.49. The highest BCUT2D eigenvalue weighted by atomic mass is 32.2. The summed E-state index contributed by atoms with van der Waals surface area (Å²) in [6, 6.07) is 10.8. The van der Waals surface area contributed by atoms with Crippen LogP contribution < -0.4 is 5.73 Å². The molecule has 0 aliphatic rings. The lowest BCUT2D eigenvalue weighted by atomic mass is 10.2. The van der Waals surface area contributed by atoms with Gasteiger partial charge in [-0.05, 0) is 24.3 Å². The Morgan fingerprint density at radius 3 is 2.50 bits per heavy atom. The third-order valence-corrected chi connectivity index (χ3v) is 3.70. The van der Waals surface area contributed by atoms with Crippen LogP contribution in [0.3, 0.4) is 0 Å². The number of benzene rings is 2. The number of nitrogens with two attached hydrogens (primary N) is 1. The minimum absolute atomic E-state index is 0.123. The molecule has 2 aromatic rings. The summed E-state index contributed by atoms with van der Waals surface area (Å²) in [5.41, 5.74) is 5.92. The van der Waals surface area contributed by atoms with Crippen LogP contribution in [0.1, 0.15) is 10.4 Å². The molecule has 0 amide bonds. The van der Waals surface area contributed by atoms with Gasteiger partial charge in [-0.2, -0.15) is 0 Å². The first-order valence-corrected chi connectivity index (χ1v) is 6.35. The second-order valence-electron chi connectivity index (χ2n) is 3.88. The van der Waals surface area contributed by atoms with Crippen LogP contribution in [0.4, 0.5) is 11.4 Å². The lowest BCUT2D eigenvalue weighted by Crippen LogP contribution is -1.99. The van der Waals surface area contributed by atoms with Crippen LogP contribution in [0.25, 0.3) is 0 Å². The average molecular weight is 290 g/mol. The van der Waals surface area contributed by atoms with Crippen LogP contribution >= 0.6 is 11.8 Å². The van der Waals surface area contributed by atoms with E-state index in [-0.39, 0.29) is 11.3 Å². The molecule has 0 saturated carbocycles. The van der Waals surface area contributed by atoms with Crippen molar-refractivity contribution >= 4 is 29.1 Å². The molecule has 0 aliphatic heterocycles. The molecule has 102 valence electrons. The number of nitro benzene ring substituents is 1. The number of para-hydroxylation sites is 1. The minimum atomic E-state index is -1.20. The number of carboxylic acid groups (broad SMARTS) is 1. The summed E-state index contributed by atoms with van der Waals surface area (Å²) in [4.78, 5) is 22.3. The molecule has 0 atom stereocenters. The fourth-order valence-corrected chi connectivity index (χ4v) is 2.51. The lowest BCUT2D eigenvalue weighted by molar-refractivity contribution is -0.387. The Kier molecular flexibility index (Phi) is 3.90. The highest BCUT2D eigenvalue weighted by molar-refractivity contribution is 7.99. The smallest absolute Gasteiger partial charge is 0.335 e. The Bertz CT molecular complexity index is 688. The second kappa shape index (κ2) is 5.62. The Balaban J connectivity index is 2.44. The molecule has 0 bridgehead atoms. The molecular weight excluding hydrogens is 280 g/mol. The molecule has 7 heteroatoms. The molecule has 0 saturated heterocycles. The summed E-state index contributed by atoms with van der Waals surface area (Å²) >= 11 is 1.13. The van der Waals surface area contributed by atoms with Gasteiger partial charge in [-0.3, -0.25) is 10.1 Å². The highest BCUT2D eigenvalue weighted by Gasteiger charge is 2.18. The van der Waals surface area contributed by atoms with Gasteiger partial charge in [-0.25, -0.2) is 4.79 Å². The first-order valence-electron chi connectivity index (χ1n) is 5.53. The van der Waals surface area contributed by atoms with Crippen molar-refractivity contribution in [1.82, 2.24) is 0 Å². The summed E-state index contributed by atoms with van der Waals surface area (Å²) in [6.07, 6.45) is 0. The SMILES string of the molecule is Nc1ccccc1Sc1ccc(C(=O)O)cc1[N+](=O)[O-]. The van der Waals surface area contributed by atoms with Gasteiger partial charge in [-0.1, -0.05) is 23.9 Å². The van der Waals surface area contributed by atoms with E-state index in [0.29, 0.717) is 15.5 Å². The van der Waals surface area contributed by atoms with E-state index < -0.39 is 10.9 Å². The van der Waals surface area contributed by atoms with E-state index in [1.165, 1.54) is 12.1 Å². The molecule has 0 spiro atoms. The largest absolute Gasteiger partial charge is 0.478 e. The van der Waals surface area contributed by atoms with Crippen molar-refractivity contribution < 1.29 is 14.8 Å². The monoisotopic (exact) mass is 290 g/mol. The van der Waals surface area contributed by atoms with E-state index >= 15 is 0 Å². The molecule has 0 aromatic heterocycles. The Morgan fingerprint density at radius 2 is 1.90 bits per heavy atom. The normalized spacial score (nSPS) is 10.2. The van der Waals surface area contributed by atoms with Gasteiger partial charge < -0.3 is 10.8 Å². The van der Waals surface area contributed by atoms with Gasteiger partial charge in [0.25, 0.3) is 5.69 Å². The number of nitrogen functional groups attached to an aromatic ring is 1. The van der Waals surface area contributed by atoms with Crippen LogP contribution in [-0.4, -0.2) is 16.0 Å². The van der Waals surface area contributed by atoms with Crippen molar-refractivity contribution in [2.24, 2.45) is 0 Å². The van der Waals surface area contributed by atoms with Crippen molar-refractivity contribution in [2.45, 2.75) is 9.79 Å². The number of rotatable bonds is 4. The molecule has 0 unspecified atom stereocenters. The maximum Gasteiger partial charge on any atom is 0.335 e. The van der Waals surface area contributed by atoms with Gasteiger partial charge in [0.05, 0.1) is 15.4 Å². The van der Waals surface area contributed by atoms with E-state index in [9.17, 15) is 14.9 Å². The molecular formula is C13H10N2O4S. The zero-order valence-corrected chi connectivity index (χ0v) is 11.0. The lowest BCUT2D eigenvalue weighted by Gasteiger charge is -2.06. The van der Waals surface area contributed by atoms with Gasteiger partial charge >= 0.3 is 5.97 Å². The fraction of sp³-hybridized carbons (Fsp3) is 0. The van der Waals surface area contributed by atoms with Crippen LogP contribution in [0.2, 0.25) is 0 Å². The third kappa shape index (κ3) is 2.89. The summed E-state index contributed by atoms with van der Waals surface area (Å²) in [7, 11) is 0. The van der Waals surface area contributed by atoms with E-state index in [1.807, 2.05) is 0 Å². The van der Waals surface area contributed by atoms with Crippen molar-refractivity contribution in [3.63, 3.8) is 0 Å². The summed E-state index contributed by atoms with van der Waals surface area (Å²) < 4.78 is 0. The minimum Gasteiger partial charge on any atom is -0.478 e. The molecule has 2 aromatic carbocycles. The van der Waals surface area contributed by atoms with E-state index in [2.05, 4.69) is 0 Å². The number of anilines is 1. The van der Waals surface area contributed by atoms with Gasteiger partial charge in [-0.15, -0.1) is 0 Å². The maximum absolute atomic E-state index is 11.0. The molecule has 0 radical (unpaired) electrons. The average Bonchev–Trinajstić information content (AvgIpc) is 2.41. The number of nitro groups is 1. The molecule has 0 heterocycles. The Labute approximate surface area is 118 Å². The zero-order chi connectivity index (χ0) is 14.7. The standard InChI is InChI=1S/C13H10N2O4S/c14-9-3-1-2-4-11(9)20-12-6-5-8(13(16)17)7-10(12)15(18)19/h1-7H,14H2,(H,16,17). The number of aromatic carboxylic acids is 1. The molecule has 0 aliphatic carbocycles. The number of hydrogen-bond acceptors (Lipinski definition) is 5. The number of carboxylic acids is 1. The molecule has 20 heavy (non-hydrogen) atoms. The number of hydrogen-bond donors (Lipinski definition) is 2. The second-order valence-corrected chi connectivity index (χ2v) is 4.97. The zero-order valence-electron chi connectivity index (χ0n) is 10.1. The predicted octanol–water partition coefficient (Wildman–Crippen LogP) is 3.03. The van der Waals surface area contributed by atoms with Crippen LogP contribution in [-0.2, 0) is 0 Å². The topological polar surface area (TPSA) is 106 Å². The van der Waals surface area contributed by atoms with Crippen LogP contribution in [0.15, 0.2) is 52.3 Å². The summed E-state index contributed by atoms with van der Waals surface area (Å²) in [5, 5.41) is 19.9. The first kappa shape index (κ1) is 13.9. The predicted molar refractivity (Wildman–Crippen MR) is 75.0 cm³/mol. The molecule has 3 N–H and O–H groups in total. The van der Waals surface area contributed by atoms with Crippen LogP contribution in [0.5, 0.6) is 0 Å². The van der Waals surface area contributed by atoms with Crippen molar-refractivity contribution in [3.8, 4) is 0 Å². The van der Waals surface area contributed by atoms with Crippen LogP contribution in [0, 0.1) is 10.1 Å². The Hall–Kier alpha value is -2.54. The maximum atomic E-state index is 11.0. The van der Waals surface area contributed by atoms with Gasteiger partial charge in [0.15, 0.2) is 0 Å². The quantitative estimate of drug-likeness (QED) is 0.509. The van der Waals surface area contributed by atoms with Crippen molar-refractivity contribution in [2.75, 3.05) is 5.73 Å².